The molecule has 3 aromatic rings. The first kappa shape index (κ1) is 10.7. The second kappa shape index (κ2) is 4.44. The molecule has 0 amide bonds. The third kappa shape index (κ3) is 1.90. The topological polar surface area (TPSA) is 69.1 Å². The monoisotopic (exact) mass is 239 g/mol. The lowest BCUT2D eigenvalue weighted by molar-refractivity contribution is 0.833. The normalized spacial score (nSPS) is 10.9. The molecule has 0 atom stereocenters. The van der Waals surface area contributed by atoms with Crippen molar-refractivity contribution in [3.8, 4) is 0 Å². The van der Waals surface area contributed by atoms with Crippen LogP contribution in [-0.4, -0.2) is 19.6 Å². The number of aryl methyl sites for hydroxylation is 2. The summed E-state index contributed by atoms with van der Waals surface area (Å²) in [7, 11) is 0. The average Bonchev–Trinajstić information content (AvgIpc) is 2.81. The van der Waals surface area contributed by atoms with E-state index in [1.54, 1.807) is 12.5 Å². The van der Waals surface area contributed by atoms with Gasteiger partial charge in [-0.2, -0.15) is 0 Å². The zero-order chi connectivity index (χ0) is 12.4. The number of hydrogen-bond acceptors (Lipinski definition) is 4. The predicted octanol–water partition coefficient (Wildman–Crippen LogP) is 1.49. The van der Waals surface area contributed by atoms with E-state index in [9.17, 15) is 0 Å². The molecule has 0 bridgehead atoms. The smallest absolute Gasteiger partial charge is 0.163 e. The van der Waals surface area contributed by atoms with Gasteiger partial charge in [0.25, 0.3) is 0 Å². The van der Waals surface area contributed by atoms with E-state index in [0.717, 1.165) is 35.6 Å². The lowest BCUT2D eigenvalue weighted by atomic mass is 10.1. The number of benzene rings is 1. The molecule has 0 saturated carbocycles. The van der Waals surface area contributed by atoms with Gasteiger partial charge < -0.3 is 5.73 Å². The molecule has 0 aliphatic heterocycles. The van der Waals surface area contributed by atoms with Crippen molar-refractivity contribution in [2.24, 2.45) is 0 Å². The molecule has 18 heavy (non-hydrogen) atoms. The number of para-hydroxylation sites is 1. The van der Waals surface area contributed by atoms with Gasteiger partial charge >= 0.3 is 0 Å². The Balaban J connectivity index is 1.83. The van der Waals surface area contributed by atoms with Crippen molar-refractivity contribution in [2.45, 2.75) is 12.8 Å². The molecule has 5 heteroatoms. The minimum absolute atomic E-state index is 0.793. The lowest BCUT2D eigenvalue weighted by Gasteiger charge is -2.03. The van der Waals surface area contributed by atoms with Crippen LogP contribution in [0.3, 0.4) is 0 Å². The molecule has 1 aromatic carbocycles. The number of nitrogens with zero attached hydrogens (tertiary/aromatic N) is 4. The van der Waals surface area contributed by atoms with Gasteiger partial charge in [0.05, 0.1) is 0 Å². The zero-order valence-electron chi connectivity index (χ0n) is 9.82. The average molecular weight is 239 g/mol. The Hall–Kier alpha value is -2.43. The number of nitrogens with two attached hydrogens (primary N) is 1. The molecule has 5 nitrogen and oxygen atoms in total. The summed E-state index contributed by atoms with van der Waals surface area (Å²) in [5.74, 6) is 0.904. The highest BCUT2D eigenvalue weighted by Gasteiger charge is 2.06. The third-order valence-electron chi connectivity index (χ3n) is 2.96. The van der Waals surface area contributed by atoms with E-state index < -0.39 is 0 Å². The Morgan fingerprint density at radius 3 is 2.83 bits per heavy atom. The summed E-state index contributed by atoms with van der Waals surface area (Å²) in [5, 5.41) is 8.27. The Bertz CT molecular complexity index is 674. The number of nitrogen functional groups attached to an aromatic ring is 1. The molecule has 2 heterocycles. The molecular weight excluding hydrogens is 226 g/mol. The van der Waals surface area contributed by atoms with Crippen molar-refractivity contribution in [3.05, 3.63) is 54.2 Å². The van der Waals surface area contributed by atoms with E-state index in [-0.39, 0.29) is 0 Å². The molecule has 0 radical (unpaired) electrons. The van der Waals surface area contributed by atoms with Crippen molar-refractivity contribution in [1.29, 1.82) is 0 Å². The van der Waals surface area contributed by atoms with Crippen molar-refractivity contribution >= 4 is 11.3 Å². The van der Waals surface area contributed by atoms with Gasteiger partial charge in [-0.3, -0.25) is 4.40 Å². The number of fused-ring (bicyclic) bond motifs is 1. The minimum atomic E-state index is 0.793. The Morgan fingerprint density at radius 2 is 1.94 bits per heavy atom. The van der Waals surface area contributed by atoms with Gasteiger partial charge in [0.15, 0.2) is 5.65 Å². The molecule has 0 unspecified atom stereocenters. The van der Waals surface area contributed by atoms with Crippen LogP contribution in [0.4, 0.5) is 5.69 Å². The van der Waals surface area contributed by atoms with Crippen LogP contribution in [0.2, 0.25) is 0 Å². The molecular formula is C13H13N5. The van der Waals surface area contributed by atoms with Gasteiger partial charge in [-0.1, -0.05) is 18.2 Å². The van der Waals surface area contributed by atoms with Crippen LogP contribution < -0.4 is 5.73 Å². The van der Waals surface area contributed by atoms with Crippen LogP contribution in [0.15, 0.2) is 42.9 Å². The van der Waals surface area contributed by atoms with Crippen LogP contribution in [0.25, 0.3) is 5.65 Å². The zero-order valence-corrected chi connectivity index (χ0v) is 9.82. The van der Waals surface area contributed by atoms with Crippen LogP contribution in [0.5, 0.6) is 0 Å². The molecule has 90 valence electrons. The van der Waals surface area contributed by atoms with Gasteiger partial charge in [0.1, 0.15) is 12.2 Å². The van der Waals surface area contributed by atoms with Gasteiger partial charge in [0, 0.05) is 24.4 Å². The van der Waals surface area contributed by atoms with E-state index in [2.05, 4.69) is 15.2 Å². The first-order chi connectivity index (χ1) is 8.84. The standard InChI is InChI=1S/C13H13N5/c14-11-4-2-1-3-10(11)5-6-12-16-17-13-7-8-15-9-18(12)13/h1-4,7-9H,5-6,14H2. The molecule has 0 aliphatic carbocycles. The highest BCUT2D eigenvalue weighted by atomic mass is 15.3. The summed E-state index contributed by atoms with van der Waals surface area (Å²) in [6, 6.07) is 9.73. The number of aromatic nitrogens is 4. The molecule has 2 N–H and O–H groups in total. The molecule has 0 aliphatic rings. The lowest BCUT2D eigenvalue weighted by Crippen LogP contribution is -2.00. The van der Waals surface area contributed by atoms with Crippen molar-refractivity contribution in [2.75, 3.05) is 5.73 Å². The summed E-state index contributed by atoms with van der Waals surface area (Å²) in [5.41, 5.74) is 8.70. The second-order valence-electron chi connectivity index (χ2n) is 4.12. The van der Waals surface area contributed by atoms with Gasteiger partial charge in [-0.15, -0.1) is 10.2 Å². The molecule has 0 fully saturated rings. The fourth-order valence-electron chi connectivity index (χ4n) is 1.97. The maximum absolute atomic E-state index is 5.92. The summed E-state index contributed by atoms with van der Waals surface area (Å²) >= 11 is 0. The van der Waals surface area contributed by atoms with E-state index in [0.29, 0.717) is 0 Å². The van der Waals surface area contributed by atoms with Gasteiger partial charge in [0.2, 0.25) is 0 Å². The SMILES string of the molecule is Nc1ccccc1CCc1nnc2ccncn12. The van der Waals surface area contributed by atoms with E-state index in [1.165, 1.54) is 0 Å². The van der Waals surface area contributed by atoms with Crippen LogP contribution in [-0.2, 0) is 12.8 Å². The number of anilines is 1. The first-order valence-corrected chi connectivity index (χ1v) is 5.81. The summed E-state index contributed by atoms with van der Waals surface area (Å²) in [6.45, 7) is 0. The Labute approximate surface area is 104 Å². The fraction of sp³-hybridized carbons (Fsp3) is 0.154. The van der Waals surface area contributed by atoms with Gasteiger partial charge in [-0.25, -0.2) is 4.98 Å². The minimum Gasteiger partial charge on any atom is -0.399 e. The predicted molar refractivity (Wildman–Crippen MR) is 69.0 cm³/mol. The quantitative estimate of drug-likeness (QED) is 0.703. The molecule has 0 spiro atoms. The Kier molecular flexibility index (Phi) is 2.64. The van der Waals surface area contributed by atoms with E-state index in [1.807, 2.05) is 34.7 Å². The van der Waals surface area contributed by atoms with Gasteiger partial charge in [-0.05, 0) is 18.1 Å². The second-order valence-corrected chi connectivity index (χ2v) is 4.12. The summed E-state index contributed by atoms with van der Waals surface area (Å²) < 4.78 is 1.90. The van der Waals surface area contributed by atoms with Crippen molar-refractivity contribution in [3.63, 3.8) is 0 Å². The molecule has 3 rings (SSSR count). The van der Waals surface area contributed by atoms with Crippen LogP contribution in [0, 0.1) is 0 Å². The Morgan fingerprint density at radius 1 is 1.06 bits per heavy atom. The molecule has 0 saturated heterocycles. The first-order valence-electron chi connectivity index (χ1n) is 5.81. The highest BCUT2D eigenvalue weighted by molar-refractivity contribution is 5.46. The number of rotatable bonds is 3. The van der Waals surface area contributed by atoms with E-state index in [4.69, 9.17) is 5.73 Å². The van der Waals surface area contributed by atoms with Crippen molar-refractivity contribution in [1.82, 2.24) is 19.6 Å². The molecule has 2 aromatic heterocycles. The maximum Gasteiger partial charge on any atom is 0.163 e. The maximum atomic E-state index is 5.92. The summed E-state index contributed by atoms with van der Waals surface area (Å²) in [4.78, 5) is 4.08. The number of hydrogen-bond donors (Lipinski definition) is 1. The largest absolute Gasteiger partial charge is 0.399 e. The van der Waals surface area contributed by atoms with Crippen LogP contribution in [0.1, 0.15) is 11.4 Å². The van der Waals surface area contributed by atoms with Crippen LogP contribution >= 0.6 is 0 Å². The third-order valence-corrected chi connectivity index (χ3v) is 2.96. The van der Waals surface area contributed by atoms with E-state index >= 15 is 0 Å². The van der Waals surface area contributed by atoms with Crippen molar-refractivity contribution < 1.29 is 0 Å². The highest BCUT2D eigenvalue weighted by Crippen LogP contribution is 2.13. The fourth-order valence-corrected chi connectivity index (χ4v) is 1.97. The summed E-state index contributed by atoms with van der Waals surface area (Å²) in [6.07, 6.45) is 5.09.